The Balaban J connectivity index is 2.12. The molecule has 2 aromatic carbocycles. The maximum Gasteiger partial charge on any atom is 0.271 e. The van der Waals surface area contributed by atoms with Crippen molar-refractivity contribution < 1.29 is 9.72 Å². The SMILES string of the molecule is O=C(Cl)Cc1cn(-c2cccc([N+](=O)[O-])c2)nc1-c1ccc(Cl)c(Cl)c1. The van der Waals surface area contributed by atoms with Gasteiger partial charge in [0.25, 0.3) is 5.69 Å². The first kappa shape index (κ1) is 18.4. The molecule has 3 aromatic rings. The van der Waals surface area contributed by atoms with Gasteiger partial charge in [0.15, 0.2) is 0 Å². The van der Waals surface area contributed by atoms with E-state index in [9.17, 15) is 14.9 Å². The van der Waals surface area contributed by atoms with E-state index in [1.807, 2.05) is 0 Å². The molecule has 0 N–H and O–H groups in total. The fraction of sp³-hybridized carbons (Fsp3) is 0.0588. The Morgan fingerprint density at radius 3 is 2.58 bits per heavy atom. The summed E-state index contributed by atoms with van der Waals surface area (Å²) in [7, 11) is 0. The van der Waals surface area contributed by atoms with Crippen molar-refractivity contribution >= 4 is 45.7 Å². The lowest BCUT2D eigenvalue weighted by Gasteiger charge is -2.03. The number of benzene rings is 2. The fourth-order valence-electron chi connectivity index (χ4n) is 2.46. The molecule has 1 aromatic heterocycles. The number of carbonyl (C=O) groups excluding carboxylic acids is 1. The normalized spacial score (nSPS) is 10.7. The number of carbonyl (C=O) groups is 1. The fourth-order valence-corrected chi connectivity index (χ4v) is 2.90. The minimum absolute atomic E-state index is 0.0495. The van der Waals surface area contributed by atoms with Gasteiger partial charge in [-0.3, -0.25) is 14.9 Å². The van der Waals surface area contributed by atoms with Crippen LogP contribution in [-0.2, 0) is 11.2 Å². The lowest BCUT2D eigenvalue weighted by Crippen LogP contribution is -1.96. The summed E-state index contributed by atoms with van der Waals surface area (Å²) >= 11 is 17.5. The average molecular weight is 411 g/mol. The van der Waals surface area contributed by atoms with Crippen LogP contribution in [0.1, 0.15) is 5.56 Å². The first-order valence-electron chi connectivity index (χ1n) is 7.32. The van der Waals surface area contributed by atoms with E-state index in [1.54, 1.807) is 36.5 Å². The number of nitrogens with zero attached hydrogens (tertiary/aromatic N) is 3. The Hall–Kier alpha value is -2.41. The first-order chi connectivity index (χ1) is 12.3. The second kappa shape index (κ2) is 7.45. The van der Waals surface area contributed by atoms with Crippen LogP contribution in [0.3, 0.4) is 0 Å². The number of nitro benzene ring substituents is 1. The van der Waals surface area contributed by atoms with E-state index in [2.05, 4.69) is 5.10 Å². The monoisotopic (exact) mass is 409 g/mol. The highest BCUT2D eigenvalue weighted by atomic mass is 35.5. The minimum Gasteiger partial charge on any atom is -0.281 e. The molecule has 0 fully saturated rings. The molecule has 0 saturated carbocycles. The Morgan fingerprint density at radius 2 is 1.92 bits per heavy atom. The number of hydrogen-bond donors (Lipinski definition) is 0. The van der Waals surface area contributed by atoms with Crippen molar-refractivity contribution in [2.24, 2.45) is 0 Å². The Bertz CT molecular complexity index is 1020. The van der Waals surface area contributed by atoms with Gasteiger partial charge in [0, 0.05) is 29.5 Å². The predicted octanol–water partition coefficient (Wildman–Crippen LogP) is 5.06. The summed E-state index contributed by atoms with van der Waals surface area (Å²) in [5, 5.41) is 15.6. The molecule has 3 rings (SSSR count). The van der Waals surface area contributed by atoms with Crippen LogP contribution in [-0.4, -0.2) is 19.9 Å². The quantitative estimate of drug-likeness (QED) is 0.334. The smallest absolute Gasteiger partial charge is 0.271 e. The van der Waals surface area contributed by atoms with Crippen molar-refractivity contribution in [3.8, 4) is 16.9 Å². The zero-order chi connectivity index (χ0) is 18.8. The van der Waals surface area contributed by atoms with E-state index >= 15 is 0 Å². The molecule has 9 heteroatoms. The van der Waals surface area contributed by atoms with Crippen molar-refractivity contribution in [1.82, 2.24) is 9.78 Å². The van der Waals surface area contributed by atoms with Crippen LogP contribution in [0, 0.1) is 10.1 Å². The summed E-state index contributed by atoms with van der Waals surface area (Å²) in [5.74, 6) is 0. The molecule has 6 nitrogen and oxygen atoms in total. The second-order valence-electron chi connectivity index (χ2n) is 5.39. The highest BCUT2D eigenvalue weighted by Crippen LogP contribution is 2.31. The van der Waals surface area contributed by atoms with Crippen molar-refractivity contribution in [3.63, 3.8) is 0 Å². The number of non-ortho nitro benzene ring substituents is 1. The largest absolute Gasteiger partial charge is 0.281 e. The summed E-state index contributed by atoms with van der Waals surface area (Å²) in [6.45, 7) is 0. The Kier molecular flexibility index (Phi) is 5.27. The molecule has 0 aliphatic carbocycles. The van der Waals surface area contributed by atoms with Gasteiger partial charge in [-0.25, -0.2) is 4.68 Å². The van der Waals surface area contributed by atoms with Gasteiger partial charge in [0.1, 0.15) is 0 Å². The number of halogens is 3. The summed E-state index contributed by atoms with van der Waals surface area (Å²) < 4.78 is 1.46. The van der Waals surface area contributed by atoms with Crippen LogP contribution in [0.2, 0.25) is 10.0 Å². The first-order valence-corrected chi connectivity index (χ1v) is 8.45. The van der Waals surface area contributed by atoms with Gasteiger partial charge in [-0.05, 0) is 29.8 Å². The summed E-state index contributed by atoms with van der Waals surface area (Å²) in [4.78, 5) is 21.9. The Morgan fingerprint density at radius 1 is 1.15 bits per heavy atom. The van der Waals surface area contributed by atoms with Gasteiger partial charge in [-0.1, -0.05) is 35.3 Å². The van der Waals surface area contributed by atoms with Crippen LogP contribution in [0.25, 0.3) is 16.9 Å². The van der Waals surface area contributed by atoms with Gasteiger partial charge in [0.2, 0.25) is 5.24 Å². The average Bonchev–Trinajstić information content (AvgIpc) is 3.00. The molecular formula is C17H10Cl3N3O3. The minimum atomic E-state index is -0.551. The van der Waals surface area contributed by atoms with Gasteiger partial charge in [-0.15, -0.1) is 0 Å². The van der Waals surface area contributed by atoms with Crippen molar-refractivity contribution in [3.05, 3.63) is 74.4 Å². The predicted molar refractivity (Wildman–Crippen MR) is 100 cm³/mol. The topological polar surface area (TPSA) is 78.0 Å². The van der Waals surface area contributed by atoms with Crippen LogP contribution >= 0.6 is 34.8 Å². The highest BCUT2D eigenvalue weighted by Gasteiger charge is 2.16. The maximum atomic E-state index is 11.4. The molecule has 0 bridgehead atoms. The third-order valence-corrected chi connectivity index (χ3v) is 4.49. The van der Waals surface area contributed by atoms with Crippen molar-refractivity contribution in [2.75, 3.05) is 0 Å². The van der Waals surface area contributed by atoms with E-state index in [-0.39, 0.29) is 12.1 Å². The molecule has 1 heterocycles. The van der Waals surface area contributed by atoms with Gasteiger partial charge in [0.05, 0.1) is 32.8 Å². The molecule has 0 spiro atoms. The number of aromatic nitrogens is 2. The number of hydrogen-bond acceptors (Lipinski definition) is 4. The van der Waals surface area contributed by atoms with Crippen molar-refractivity contribution in [1.29, 1.82) is 0 Å². The third-order valence-electron chi connectivity index (χ3n) is 3.62. The van der Waals surface area contributed by atoms with Crippen molar-refractivity contribution in [2.45, 2.75) is 6.42 Å². The standard InChI is InChI=1S/C17H10Cl3N3O3/c18-14-5-4-10(6-15(14)19)17-11(7-16(20)24)9-22(21-17)12-2-1-3-13(8-12)23(25)26/h1-6,8-9H,7H2. The summed E-state index contributed by atoms with van der Waals surface area (Å²) in [6.07, 6.45) is 1.56. The molecule has 0 saturated heterocycles. The van der Waals surface area contributed by atoms with Crippen LogP contribution < -0.4 is 0 Å². The lowest BCUT2D eigenvalue weighted by molar-refractivity contribution is -0.384. The van der Waals surface area contributed by atoms with E-state index in [0.717, 1.165) is 0 Å². The summed E-state index contributed by atoms with van der Waals surface area (Å²) in [6, 6.07) is 11.0. The van der Waals surface area contributed by atoms with Gasteiger partial charge >= 0.3 is 0 Å². The Labute approximate surface area is 163 Å². The number of rotatable bonds is 5. The van der Waals surface area contributed by atoms with Crippen LogP contribution in [0.15, 0.2) is 48.7 Å². The second-order valence-corrected chi connectivity index (χ2v) is 6.62. The van der Waals surface area contributed by atoms with E-state index in [4.69, 9.17) is 34.8 Å². The molecule has 0 aliphatic heterocycles. The van der Waals surface area contributed by atoms with E-state index in [1.165, 1.54) is 16.8 Å². The molecule has 26 heavy (non-hydrogen) atoms. The van der Waals surface area contributed by atoms with Gasteiger partial charge < -0.3 is 0 Å². The van der Waals surface area contributed by atoms with Crippen LogP contribution in [0.5, 0.6) is 0 Å². The third kappa shape index (κ3) is 3.88. The molecule has 0 unspecified atom stereocenters. The molecular weight excluding hydrogens is 401 g/mol. The van der Waals surface area contributed by atoms with E-state index in [0.29, 0.717) is 32.6 Å². The number of nitro groups is 1. The molecule has 0 atom stereocenters. The highest BCUT2D eigenvalue weighted by molar-refractivity contribution is 6.63. The van der Waals surface area contributed by atoms with E-state index < -0.39 is 10.2 Å². The van der Waals surface area contributed by atoms with Crippen LogP contribution in [0.4, 0.5) is 5.69 Å². The molecule has 0 amide bonds. The molecule has 0 aliphatic rings. The molecule has 132 valence electrons. The zero-order valence-corrected chi connectivity index (χ0v) is 15.3. The lowest BCUT2D eigenvalue weighted by atomic mass is 10.1. The maximum absolute atomic E-state index is 11.4. The summed E-state index contributed by atoms with van der Waals surface area (Å²) in [5.41, 5.74) is 2.12. The zero-order valence-electron chi connectivity index (χ0n) is 13.0. The van der Waals surface area contributed by atoms with Gasteiger partial charge in [-0.2, -0.15) is 5.10 Å². The molecule has 0 radical (unpaired) electrons.